The zero-order chi connectivity index (χ0) is 28.1. The molecule has 4 saturated carbocycles. The number of hydrogen-bond donors (Lipinski definition) is 4. The van der Waals surface area contributed by atoms with Crippen LogP contribution in [0.1, 0.15) is 85.0 Å². The molecule has 0 spiro atoms. The van der Waals surface area contributed by atoms with Gasteiger partial charge in [0.1, 0.15) is 0 Å². The Bertz CT molecular complexity index is 1100. The van der Waals surface area contributed by atoms with Crippen molar-refractivity contribution >= 4 is 26.0 Å². The Kier molecular flexibility index (Phi) is 8.68. The van der Waals surface area contributed by atoms with Gasteiger partial charge in [0.25, 0.3) is 10.1 Å². The molecular weight excluding hydrogens is 528 g/mol. The first-order valence-electron chi connectivity index (χ1n) is 14.4. The molecule has 9 nitrogen and oxygen atoms in total. The van der Waals surface area contributed by atoms with Gasteiger partial charge in [-0.1, -0.05) is 20.8 Å². The molecule has 4 aliphatic rings. The van der Waals surface area contributed by atoms with Crippen LogP contribution in [0, 0.1) is 46.3 Å². The summed E-state index contributed by atoms with van der Waals surface area (Å²) in [5, 5.41) is 13.0. The van der Waals surface area contributed by atoms with Gasteiger partial charge in [0.15, 0.2) is 0 Å². The van der Waals surface area contributed by atoms with Gasteiger partial charge in [-0.3, -0.25) is 9.35 Å². The van der Waals surface area contributed by atoms with Crippen LogP contribution in [0.15, 0.2) is 0 Å². The van der Waals surface area contributed by atoms with Crippen LogP contribution in [0.25, 0.3) is 0 Å². The van der Waals surface area contributed by atoms with E-state index in [4.69, 9.17) is 4.55 Å². The highest BCUT2D eigenvalue weighted by molar-refractivity contribution is 7.88. The topological polar surface area (TPSA) is 150 Å². The summed E-state index contributed by atoms with van der Waals surface area (Å²) in [4.78, 5) is 12.3. The molecule has 4 aliphatic carbocycles. The van der Waals surface area contributed by atoms with Crippen molar-refractivity contribution < 1.29 is 31.3 Å². The molecule has 220 valence electrons. The molecule has 0 saturated heterocycles. The molecule has 11 heteroatoms. The molecular formula is C27H48N2O7S2. The predicted molar refractivity (Wildman–Crippen MR) is 146 cm³/mol. The van der Waals surface area contributed by atoms with Crippen LogP contribution in [-0.4, -0.2) is 63.1 Å². The van der Waals surface area contributed by atoms with E-state index in [-0.39, 0.29) is 41.3 Å². The maximum Gasteiger partial charge on any atom is 0.266 e. The maximum atomic E-state index is 12.5. The fourth-order valence-electron chi connectivity index (χ4n) is 9.58. The molecule has 0 radical (unpaired) electrons. The molecule has 10 atom stereocenters. The monoisotopic (exact) mass is 576 g/mol. The van der Waals surface area contributed by atoms with Crippen molar-refractivity contribution in [2.24, 2.45) is 46.3 Å². The first-order chi connectivity index (χ1) is 17.5. The van der Waals surface area contributed by atoms with Crippen molar-refractivity contribution in [3.8, 4) is 0 Å². The van der Waals surface area contributed by atoms with Crippen LogP contribution < -0.4 is 10.0 Å². The number of sulfonamides is 1. The summed E-state index contributed by atoms with van der Waals surface area (Å²) in [6.45, 7) is 6.91. The van der Waals surface area contributed by atoms with Crippen LogP contribution in [0.2, 0.25) is 0 Å². The number of nitrogens with one attached hydrogen (secondary N) is 2. The SMILES string of the molecule is C[C@H](CCC(=O)NCCS(=O)(=O)O)[C@H]1CC[C@H]2[C@@H]3[C@@H](NS(C)(=O)=O)CC4C[C@H](O)CC[C@]4(C)[C@H]3CC[C@]12C. The van der Waals surface area contributed by atoms with Gasteiger partial charge in [0.2, 0.25) is 15.9 Å². The minimum Gasteiger partial charge on any atom is -0.393 e. The molecule has 0 aliphatic heterocycles. The second-order valence-electron chi connectivity index (χ2n) is 13.5. The second kappa shape index (κ2) is 10.9. The fourth-order valence-corrected chi connectivity index (χ4v) is 10.7. The van der Waals surface area contributed by atoms with Gasteiger partial charge in [-0.2, -0.15) is 8.42 Å². The van der Waals surface area contributed by atoms with Gasteiger partial charge in [-0.15, -0.1) is 0 Å². The van der Waals surface area contributed by atoms with E-state index >= 15 is 0 Å². The highest BCUT2D eigenvalue weighted by Gasteiger charge is 2.63. The molecule has 4 fully saturated rings. The molecule has 1 unspecified atom stereocenters. The highest BCUT2D eigenvalue weighted by atomic mass is 32.2. The zero-order valence-electron chi connectivity index (χ0n) is 23.4. The number of carbonyl (C=O) groups is 1. The van der Waals surface area contributed by atoms with Gasteiger partial charge < -0.3 is 10.4 Å². The Morgan fingerprint density at radius 1 is 1.00 bits per heavy atom. The Morgan fingerprint density at radius 3 is 2.32 bits per heavy atom. The summed E-state index contributed by atoms with van der Waals surface area (Å²) in [6, 6.07) is -0.106. The lowest BCUT2D eigenvalue weighted by Crippen LogP contribution is -2.62. The lowest BCUT2D eigenvalue weighted by molar-refractivity contribution is -0.139. The molecule has 0 heterocycles. The maximum absolute atomic E-state index is 12.5. The van der Waals surface area contributed by atoms with E-state index in [0.717, 1.165) is 51.4 Å². The quantitative estimate of drug-likeness (QED) is 0.308. The first-order valence-corrected chi connectivity index (χ1v) is 17.9. The minimum absolute atomic E-state index is 0.0802. The Balaban J connectivity index is 1.48. The van der Waals surface area contributed by atoms with Crippen molar-refractivity contribution in [3.63, 3.8) is 0 Å². The van der Waals surface area contributed by atoms with Crippen LogP contribution in [0.5, 0.6) is 0 Å². The van der Waals surface area contributed by atoms with E-state index in [1.54, 1.807) is 0 Å². The molecule has 4 N–H and O–H groups in total. The number of amides is 1. The summed E-state index contributed by atoms with van der Waals surface area (Å²) in [5.41, 5.74) is 0.210. The lowest BCUT2D eigenvalue weighted by atomic mass is 9.43. The molecule has 0 aromatic heterocycles. The molecule has 0 aromatic rings. The third kappa shape index (κ3) is 6.26. The third-order valence-electron chi connectivity index (χ3n) is 11.3. The smallest absolute Gasteiger partial charge is 0.266 e. The van der Waals surface area contributed by atoms with Gasteiger partial charge in [0.05, 0.1) is 18.1 Å². The summed E-state index contributed by atoms with van der Waals surface area (Å²) in [6.07, 6.45) is 9.68. The van der Waals surface area contributed by atoms with Crippen molar-refractivity contribution in [1.29, 1.82) is 0 Å². The van der Waals surface area contributed by atoms with Crippen molar-refractivity contribution in [3.05, 3.63) is 0 Å². The summed E-state index contributed by atoms with van der Waals surface area (Å²) in [5.74, 6) is 1.53. The van der Waals surface area contributed by atoms with Gasteiger partial charge in [0, 0.05) is 19.0 Å². The minimum atomic E-state index is -4.10. The lowest BCUT2D eigenvalue weighted by Gasteiger charge is -2.63. The van der Waals surface area contributed by atoms with E-state index in [1.165, 1.54) is 6.26 Å². The van der Waals surface area contributed by atoms with Crippen LogP contribution >= 0.6 is 0 Å². The van der Waals surface area contributed by atoms with Crippen LogP contribution in [0.4, 0.5) is 0 Å². The second-order valence-corrected chi connectivity index (χ2v) is 16.9. The van der Waals surface area contributed by atoms with E-state index in [2.05, 4.69) is 30.8 Å². The first kappa shape index (κ1) is 30.2. The molecule has 1 amide bonds. The average Bonchev–Trinajstić information content (AvgIpc) is 3.14. The zero-order valence-corrected chi connectivity index (χ0v) is 25.0. The molecule has 38 heavy (non-hydrogen) atoms. The number of carbonyl (C=O) groups excluding carboxylic acids is 1. The van der Waals surface area contributed by atoms with Crippen LogP contribution in [0.3, 0.4) is 0 Å². The number of fused-ring (bicyclic) bond motifs is 5. The number of rotatable bonds is 9. The fraction of sp³-hybridized carbons (Fsp3) is 0.963. The summed E-state index contributed by atoms with van der Waals surface area (Å²) in [7, 11) is -7.47. The van der Waals surface area contributed by atoms with Crippen molar-refractivity contribution in [2.45, 2.75) is 97.1 Å². The molecule has 0 aromatic carbocycles. The molecule has 0 bridgehead atoms. The Morgan fingerprint density at radius 2 is 1.66 bits per heavy atom. The van der Waals surface area contributed by atoms with E-state index < -0.39 is 25.9 Å². The van der Waals surface area contributed by atoms with Crippen LogP contribution in [-0.2, 0) is 24.9 Å². The third-order valence-corrected chi connectivity index (χ3v) is 12.8. The Hall–Kier alpha value is -0.750. The number of aliphatic hydroxyl groups excluding tert-OH is 1. The van der Waals surface area contributed by atoms with Crippen molar-refractivity contribution in [2.75, 3.05) is 18.6 Å². The van der Waals surface area contributed by atoms with E-state index in [1.807, 2.05) is 0 Å². The number of aliphatic hydroxyl groups is 1. The standard InChI is InChI=1S/C27H48N2O7S2/c1-17(5-8-24(31)28-13-14-38(34,35)36)20-6-7-21-25-22(10-12-27(20,21)3)26(2)11-9-19(30)15-18(26)16-23(25)29-37(4,32)33/h17-23,25,29-30H,5-16H2,1-4H3,(H,28,31)(H,34,35,36)/t17-,18?,19-,20-,21+,22+,23+,25+,26+,27-/m1/s1. The molecule has 4 rings (SSSR count). The van der Waals surface area contributed by atoms with E-state index in [0.29, 0.717) is 42.4 Å². The highest BCUT2D eigenvalue weighted by Crippen LogP contribution is 2.68. The van der Waals surface area contributed by atoms with Gasteiger partial charge >= 0.3 is 0 Å². The van der Waals surface area contributed by atoms with E-state index in [9.17, 15) is 26.7 Å². The summed E-state index contributed by atoms with van der Waals surface area (Å²) >= 11 is 0. The largest absolute Gasteiger partial charge is 0.393 e. The van der Waals surface area contributed by atoms with Gasteiger partial charge in [-0.05, 0) is 104 Å². The summed E-state index contributed by atoms with van der Waals surface area (Å²) < 4.78 is 58.6. The normalized spacial score (nSPS) is 42.0. The predicted octanol–water partition coefficient (Wildman–Crippen LogP) is 2.95. The van der Waals surface area contributed by atoms with Crippen molar-refractivity contribution in [1.82, 2.24) is 10.0 Å². The average molecular weight is 577 g/mol. The van der Waals surface area contributed by atoms with Gasteiger partial charge in [-0.25, -0.2) is 13.1 Å². The Labute approximate surface area is 229 Å². The number of hydrogen-bond acceptors (Lipinski definition) is 6.